The minimum atomic E-state index is 0.107. The van der Waals surface area contributed by atoms with Crippen molar-refractivity contribution >= 4 is 5.69 Å². The number of nitrogens with one attached hydrogen (secondary N) is 1. The third-order valence-electron chi connectivity index (χ3n) is 3.56. The Kier molecular flexibility index (Phi) is 2.71. The van der Waals surface area contributed by atoms with Crippen molar-refractivity contribution in [1.82, 2.24) is 0 Å². The Hall–Kier alpha value is -1.96. The zero-order valence-electron chi connectivity index (χ0n) is 10.5. The summed E-state index contributed by atoms with van der Waals surface area (Å²) in [7, 11) is 1.71. The molecule has 0 atom stereocenters. The second kappa shape index (κ2) is 4.37. The van der Waals surface area contributed by atoms with E-state index in [1.807, 2.05) is 18.2 Å². The van der Waals surface area contributed by atoms with Crippen molar-refractivity contribution in [3.8, 4) is 5.75 Å². The van der Waals surface area contributed by atoms with Gasteiger partial charge in [-0.25, -0.2) is 0 Å². The molecule has 0 radical (unpaired) electrons. The average molecular weight is 239 g/mol. The van der Waals surface area contributed by atoms with Crippen LogP contribution < -0.4 is 10.1 Å². The Labute approximate surface area is 108 Å². The largest absolute Gasteiger partial charge is 0.495 e. The molecule has 2 aromatic rings. The van der Waals surface area contributed by atoms with Crippen LogP contribution in [0.5, 0.6) is 5.75 Å². The van der Waals surface area contributed by atoms with Gasteiger partial charge in [-0.3, -0.25) is 0 Å². The normalized spacial score (nSPS) is 16.1. The van der Waals surface area contributed by atoms with Crippen LogP contribution in [0.25, 0.3) is 0 Å². The first-order chi connectivity index (χ1) is 8.84. The zero-order valence-corrected chi connectivity index (χ0v) is 10.5. The van der Waals surface area contributed by atoms with E-state index in [1.165, 1.54) is 18.4 Å². The highest BCUT2D eigenvalue weighted by atomic mass is 16.5. The standard InChI is InChI=1S/C16H17NO/c1-18-15-10-6-5-9-14(15)17-16(11-12-16)13-7-3-2-4-8-13/h2-10,17H,11-12H2,1H3. The Morgan fingerprint density at radius 1 is 0.944 bits per heavy atom. The Bertz CT molecular complexity index is 532. The van der Waals surface area contributed by atoms with Gasteiger partial charge in [0, 0.05) is 0 Å². The molecule has 92 valence electrons. The molecule has 1 N–H and O–H groups in total. The smallest absolute Gasteiger partial charge is 0.141 e. The lowest BCUT2D eigenvalue weighted by Gasteiger charge is -2.21. The molecule has 0 aromatic heterocycles. The van der Waals surface area contributed by atoms with Gasteiger partial charge in [0.15, 0.2) is 0 Å². The fourth-order valence-electron chi connectivity index (χ4n) is 2.37. The first-order valence-corrected chi connectivity index (χ1v) is 6.31. The summed E-state index contributed by atoms with van der Waals surface area (Å²) < 4.78 is 5.39. The molecule has 0 heterocycles. The van der Waals surface area contributed by atoms with Gasteiger partial charge in [0.2, 0.25) is 0 Å². The maximum absolute atomic E-state index is 5.39. The predicted molar refractivity (Wildman–Crippen MR) is 74.0 cm³/mol. The molecule has 2 aromatic carbocycles. The van der Waals surface area contributed by atoms with E-state index in [-0.39, 0.29) is 5.54 Å². The van der Waals surface area contributed by atoms with Crippen LogP contribution >= 0.6 is 0 Å². The third-order valence-corrected chi connectivity index (χ3v) is 3.56. The first-order valence-electron chi connectivity index (χ1n) is 6.31. The summed E-state index contributed by atoms with van der Waals surface area (Å²) in [6, 6.07) is 18.7. The number of hydrogen-bond acceptors (Lipinski definition) is 2. The number of rotatable bonds is 4. The monoisotopic (exact) mass is 239 g/mol. The number of ether oxygens (including phenoxy) is 1. The third kappa shape index (κ3) is 1.94. The van der Waals surface area contributed by atoms with Crippen LogP contribution in [-0.4, -0.2) is 7.11 Å². The maximum atomic E-state index is 5.39. The Morgan fingerprint density at radius 2 is 1.61 bits per heavy atom. The van der Waals surface area contributed by atoms with Crippen molar-refractivity contribution in [2.45, 2.75) is 18.4 Å². The van der Waals surface area contributed by atoms with E-state index >= 15 is 0 Å². The van der Waals surface area contributed by atoms with Gasteiger partial charge in [0.1, 0.15) is 5.75 Å². The van der Waals surface area contributed by atoms with Crippen molar-refractivity contribution in [3.63, 3.8) is 0 Å². The highest BCUT2D eigenvalue weighted by Gasteiger charge is 2.44. The van der Waals surface area contributed by atoms with Crippen LogP contribution in [0.15, 0.2) is 54.6 Å². The van der Waals surface area contributed by atoms with E-state index < -0.39 is 0 Å². The van der Waals surface area contributed by atoms with Crippen molar-refractivity contribution in [2.75, 3.05) is 12.4 Å². The molecular formula is C16H17NO. The summed E-state index contributed by atoms with van der Waals surface area (Å²) in [4.78, 5) is 0. The van der Waals surface area contributed by atoms with Gasteiger partial charge < -0.3 is 10.1 Å². The number of para-hydroxylation sites is 2. The van der Waals surface area contributed by atoms with Gasteiger partial charge in [-0.15, -0.1) is 0 Å². The van der Waals surface area contributed by atoms with Gasteiger partial charge in [-0.1, -0.05) is 42.5 Å². The quantitative estimate of drug-likeness (QED) is 0.876. The molecule has 1 aliphatic carbocycles. The van der Waals surface area contributed by atoms with E-state index in [0.717, 1.165) is 11.4 Å². The molecule has 0 bridgehead atoms. The average Bonchev–Trinajstić information content (AvgIpc) is 3.21. The van der Waals surface area contributed by atoms with E-state index in [0.29, 0.717) is 0 Å². The van der Waals surface area contributed by atoms with Crippen molar-refractivity contribution < 1.29 is 4.74 Å². The van der Waals surface area contributed by atoms with Gasteiger partial charge >= 0.3 is 0 Å². The molecule has 1 saturated carbocycles. The zero-order chi connectivity index (χ0) is 12.4. The fourth-order valence-corrected chi connectivity index (χ4v) is 2.37. The molecule has 0 unspecified atom stereocenters. The summed E-state index contributed by atoms with van der Waals surface area (Å²) in [6.07, 6.45) is 2.35. The highest BCUT2D eigenvalue weighted by Crippen LogP contribution is 2.49. The Balaban J connectivity index is 1.89. The summed E-state index contributed by atoms with van der Waals surface area (Å²) in [6.45, 7) is 0. The molecule has 18 heavy (non-hydrogen) atoms. The van der Waals surface area contributed by atoms with Crippen LogP contribution in [0.3, 0.4) is 0 Å². The number of hydrogen-bond donors (Lipinski definition) is 1. The number of methoxy groups -OCH3 is 1. The lowest BCUT2D eigenvalue weighted by Crippen LogP contribution is -2.18. The van der Waals surface area contributed by atoms with Crippen molar-refractivity contribution in [2.24, 2.45) is 0 Å². The molecule has 3 rings (SSSR count). The van der Waals surface area contributed by atoms with E-state index in [1.54, 1.807) is 7.11 Å². The van der Waals surface area contributed by atoms with Gasteiger partial charge in [0.25, 0.3) is 0 Å². The first kappa shape index (κ1) is 11.1. The van der Waals surface area contributed by atoms with E-state index in [4.69, 9.17) is 4.74 Å². The predicted octanol–water partition coefficient (Wildman–Crippen LogP) is 3.80. The lowest BCUT2D eigenvalue weighted by atomic mass is 10.0. The second-order valence-corrected chi connectivity index (χ2v) is 4.77. The minimum absolute atomic E-state index is 0.107. The summed E-state index contributed by atoms with van der Waals surface area (Å²) >= 11 is 0. The molecular weight excluding hydrogens is 222 g/mol. The van der Waals surface area contributed by atoms with Gasteiger partial charge in [-0.05, 0) is 30.5 Å². The topological polar surface area (TPSA) is 21.3 Å². The number of benzene rings is 2. The van der Waals surface area contributed by atoms with Gasteiger partial charge in [-0.2, -0.15) is 0 Å². The van der Waals surface area contributed by atoms with E-state index in [2.05, 4.69) is 41.7 Å². The van der Waals surface area contributed by atoms with Crippen LogP contribution in [0.2, 0.25) is 0 Å². The highest BCUT2D eigenvalue weighted by molar-refractivity contribution is 5.60. The Morgan fingerprint density at radius 3 is 2.28 bits per heavy atom. The summed E-state index contributed by atoms with van der Waals surface area (Å²) in [5.74, 6) is 0.903. The fraction of sp³-hybridized carbons (Fsp3) is 0.250. The molecule has 0 amide bonds. The van der Waals surface area contributed by atoms with Crippen molar-refractivity contribution in [1.29, 1.82) is 0 Å². The summed E-state index contributed by atoms with van der Waals surface area (Å²) in [5, 5.41) is 3.64. The van der Waals surface area contributed by atoms with Crippen LogP contribution in [0.1, 0.15) is 18.4 Å². The molecule has 1 fully saturated rings. The summed E-state index contributed by atoms with van der Waals surface area (Å²) in [5.41, 5.74) is 2.54. The SMILES string of the molecule is COc1ccccc1NC1(c2ccccc2)CC1. The number of anilines is 1. The van der Waals surface area contributed by atoms with Crippen LogP contribution in [0.4, 0.5) is 5.69 Å². The molecule has 0 spiro atoms. The molecule has 2 nitrogen and oxygen atoms in total. The van der Waals surface area contributed by atoms with Crippen molar-refractivity contribution in [3.05, 3.63) is 60.2 Å². The van der Waals surface area contributed by atoms with Crippen LogP contribution in [-0.2, 0) is 5.54 Å². The minimum Gasteiger partial charge on any atom is -0.495 e. The van der Waals surface area contributed by atoms with E-state index in [9.17, 15) is 0 Å². The molecule has 0 saturated heterocycles. The maximum Gasteiger partial charge on any atom is 0.141 e. The molecule has 0 aliphatic heterocycles. The van der Waals surface area contributed by atoms with Gasteiger partial charge in [0.05, 0.1) is 18.3 Å². The van der Waals surface area contributed by atoms with Crippen LogP contribution in [0, 0.1) is 0 Å². The molecule has 1 aliphatic rings. The lowest BCUT2D eigenvalue weighted by molar-refractivity contribution is 0.416. The molecule has 2 heteroatoms. The second-order valence-electron chi connectivity index (χ2n) is 4.77.